The molecule has 0 unspecified atom stereocenters. The Morgan fingerprint density at radius 3 is 2.82 bits per heavy atom. The van der Waals surface area contributed by atoms with Gasteiger partial charge in [0.25, 0.3) is 0 Å². The van der Waals surface area contributed by atoms with Gasteiger partial charge in [-0.25, -0.2) is 4.99 Å². The van der Waals surface area contributed by atoms with Crippen LogP contribution in [0.15, 0.2) is 29.3 Å². The molecule has 4 nitrogen and oxygen atoms in total. The normalized spacial score (nSPS) is 18.6. The van der Waals surface area contributed by atoms with E-state index in [1.54, 1.807) is 0 Å². The summed E-state index contributed by atoms with van der Waals surface area (Å²) in [5.41, 5.74) is 2.48. The Labute approximate surface area is 132 Å². The molecule has 0 radical (unpaired) electrons. The number of carbonyl (C=O) groups is 1. The fourth-order valence-corrected chi connectivity index (χ4v) is 3.31. The minimum Gasteiger partial charge on any atom is -0.360 e. The number of aryl methyl sites for hydroxylation is 1. The number of amidine groups is 1. The fraction of sp³-hybridized carbons (Fsp3) is 0.556. The van der Waals surface area contributed by atoms with E-state index in [4.69, 9.17) is 4.99 Å². The lowest BCUT2D eigenvalue weighted by atomic mass is 10.0. The number of rotatable bonds is 3. The Kier molecular flexibility index (Phi) is 4.76. The number of hydrogen-bond acceptors (Lipinski definition) is 3. The van der Waals surface area contributed by atoms with E-state index >= 15 is 0 Å². The van der Waals surface area contributed by atoms with Gasteiger partial charge < -0.3 is 10.2 Å². The van der Waals surface area contributed by atoms with E-state index < -0.39 is 0 Å². The summed E-state index contributed by atoms with van der Waals surface area (Å²) in [6, 6.07) is 8.76. The van der Waals surface area contributed by atoms with Crippen molar-refractivity contribution in [3.8, 4) is 0 Å². The lowest BCUT2D eigenvalue weighted by Gasteiger charge is -2.35. The van der Waals surface area contributed by atoms with Crippen LogP contribution < -0.4 is 5.32 Å². The zero-order valence-electron chi connectivity index (χ0n) is 13.3. The molecular formula is C18H25N3O. The van der Waals surface area contributed by atoms with E-state index in [0.29, 0.717) is 12.5 Å². The van der Waals surface area contributed by atoms with Crippen LogP contribution in [-0.2, 0) is 11.2 Å². The van der Waals surface area contributed by atoms with Crippen LogP contribution in [0.3, 0.4) is 0 Å². The van der Waals surface area contributed by atoms with Gasteiger partial charge in [0, 0.05) is 32.0 Å². The summed E-state index contributed by atoms with van der Waals surface area (Å²) in [6.07, 6.45) is 5.73. The van der Waals surface area contributed by atoms with Crippen LogP contribution in [0.5, 0.6) is 0 Å². The molecule has 0 aliphatic carbocycles. The first-order chi connectivity index (χ1) is 10.8. The monoisotopic (exact) mass is 299 g/mol. The molecule has 1 N–H and O–H groups in total. The summed E-state index contributed by atoms with van der Waals surface area (Å²) < 4.78 is 0. The molecule has 1 fully saturated rings. The van der Waals surface area contributed by atoms with Crippen LogP contribution in [0.25, 0.3) is 0 Å². The summed E-state index contributed by atoms with van der Waals surface area (Å²) in [5, 5.41) is 3.15. The molecule has 0 aromatic heterocycles. The number of carbonyl (C=O) groups excluding carboxylic acids is 1. The van der Waals surface area contributed by atoms with E-state index in [-0.39, 0.29) is 5.91 Å². The highest BCUT2D eigenvalue weighted by Crippen LogP contribution is 2.27. The molecule has 2 aliphatic rings. The molecule has 1 aromatic carbocycles. The minimum absolute atomic E-state index is 0.199. The third-order valence-electron chi connectivity index (χ3n) is 4.56. The van der Waals surface area contributed by atoms with Crippen LogP contribution in [0.4, 0.5) is 5.69 Å². The zero-order valence-corrected chi connectivity index (χ0v) is 13.3. The van der Waals surface area contributed by atoms with Gasteiger partial charge >= 0.3 is 0 Å². The van der Waals surface area contributed by atoms with Crippen LogP contribution in [0.2, 0.25) is 0 Å². The van der Waals surface area contributed by atoms with Gasteiger partial charge in [-0.3, -0.25) is 4.79 Å². The second kappa shape index (κ2) is 6.95. The first-order valence-corrected chi connectivity index (χ1v) is 8.46. The molecule has 1 aromatic rings. The fourth-order valence-electron chi connectivity index (χ4n) is 3.31. The first-order valence-electron chi connectivity index (χ1n) is 8.46. The molecule has 2 aliphatic heterocycles. The topological polar surface area (TPSA) is 44.7 Å². The molecule has 3 rings (SSSR count). The van der Waals surface area contributed by atoms with Crippen molar-refractivity contribution < 1.29 is 4.79 Å². The van der Waals surface area contributed by atoms with Gasteiger partial charge in [-0.05, 0) is 37.3 Å². The van der Waals surface area contributed by atoms with Gasteiger partial charge in [0.1, 0.15) is 5.84 Å². The Morgan fingerprint density at radius 1 is 1.27 bits per heavy atom. The van der Waals surface area contributed by atoms with Crippen molar-refractivity contribution in [1.82, 2.24) is 10.2 Å². The molecule has 1 saturated heterocycles. The number of hydrogen-bond donors (Lipinski definition) is 1. The molecule has 0 spiro atoms. The highest BCUT2D eigenvalue weighted by atomic mass is 16.1. The maximum atomic E-state index is 11.7. The largest absolute Gasteiger partial charge is 0.360 e. The molecule has 2 heterocycles. The lowest BCUT2D eigenvalue weighted by molar-refractivity contribution is -0.122. The number of fused-ring (bicyclic) bond motifs is 1. The predicted octanol–water partition coefficient (Wildman–Crippen LogP) is 3.04. The Balaban J connectivity index is 1.56. The third kappa shape index (κ3) is 3.49. The van der Waals surface area contributed by atoms with Crippen molar-refractivity contribution in [2.75, 3.05) is 13.1 Å². The number of nitrogens with one attached hydrogen (secondary N) is 1. The van der Waals surface area contributed by atoms with Crippen molar-refractivity contribution in [2.45, 2.75) is 51.5 Å². The van der Waals surface area contributed by atoms with E-state index in [0.717, 1.165) is 50.9 Å². The minimum atomic E-state index is 0.199. The molecule has 22 heavy (non-hydrogen) atoms. The predicted molar refractivity (Wildman–Crippen MR) is 89.5 cm³/mol. The van der Waals surface area contributed by atoms with Crippen molar-refractivity contribution in [3.05, 3.63) is 29.8 Å². The summed E-state index contributed by atoms with van der Waals surface area (Å²) in [6.45, 7) is 4.04. The summed E-state index contributed by atoms with van der Waals surface area (Å²) in [5.74, 6) is 1.42. The molecular weight excluding hydrogens is 274 g/mol. The van der Waals surface area contributed by atoms with Gasteiger partial charge in [-0.1, -0.05) is 25.1 Å². The summed E-state index contributed by atoms with van der Waals surface area (Å²) in [7, 11) is 0. The quantitative estimate of drug-likeness (QED) is 0.932. The SMILES string of the molecule is CCCC(=O)NC1CCN(C2=Nc3ccccc3CC2)CC1. The Bertz CT molecular complexity index is 559. The molecule has 0 bridgehead atoms. The maximum Gasteiger partial charge on any atom is 0.220 e. The van der Waals surface area contributed by atoms with E-state index in [9.17, 15) is 4.79 Å². The number of nitrogens with zero attached hydrogens (tertiary/aromatic N) is 2. The maximum absolute atomic E-state index is 11.7. The van der Waals surface area contributed by atoms with Crippen molar-refractivity contribution in [2.24, 2.45) is 4.99 Å². The van der Waals surface area contributed by atoms with Crippen LogP contribution in [0.1, 0.15) is 44.6 Å². The molecule has 1 amide bonds. The van der Waals surface area contributed by atoms with E-state index in [1.807, 2.05) is 6.92 Å². The van der Waals surface area contributed by atoms with Gasteiger partial charge in [0.2, 0.25) is 5.91 Å². The standard InChI is InChI=1S/C18H25N3O/c1-2-5-18(22)19-15-10-12-21(13-11-15)17-9-8-14-6-3-4-7-16(14)20-17/h3-4,6-7,15H,2,5,8-13H2,1H3,(H,19,22). The molecule has 0 saturated carbocycles. The highest BCUT2D eigenvalue weighted by Gasteiger charge is 2.24. The number of piperidine rings is 1. The van der Waals surface area contributed by atoms with Gasteiger partial charge in [0.15, 0.2) is 0 Å². The van der Waals surface area contributed by atoms with Gasteiger partial charge in [0.05, 0.1) is 5.69 Å². The molecule has 118 valence electrons. The number of likely N-dealkylation sites (tertiary alicyclic amines) is 1. The summed E-state index contributed by atoms with van der Waals surface area (Å²) in [4.78, 5) is 18.9. The van der Waals surface area contributed by atoms with E-state index in [1.165, 1.54) is 11.4 Å². The van der Waals surface area contributed by atoms with Crippen molar-refractivity contribution >= 4 is 17.4 Å². The lowest BCUT2D eigenvalue weighted by Crippen LogP contribution is -2.46. The van der Waals surface area contributed by atoms with E-state index in [2.05, 4.69) is 34.5 Å². The Morgan fingerprint density at radius 2 is 2.05 bits per heavy atom. The van der Waals surface area contributed by atoms with Crippen molar-refractivity contribution in [1.29, 1.82) is 0 Å². The highest BCUT2D eigenvalue weighted by molar-refractivity contribution is 5.87. The zero-order chi connectivity index (χ0) is 15.4. The van der Waals surface area contributed by atoms with Gasteiger partial charge in [-0.15, -0.1) is 0 Å². The average Bonchev–Trinajstić information content (AvgIpc) is 2.55. The third-order valence-corrected chi connectivity index (χ3v) is 4.56. The van der Waals surface area contributed by atoms with Crippen LogP contribution in [-0.4, -0.2) is 35.8 Å². The number of aliphatic imine (C=N–C) groups is 1. The van der Waals surface area contributed by atoms with Crippen LogP contribution in [0, 0.1) is 0 Å². The second-order valence-corrected chi connectivity index (χ2v) is 6.24. The average molecular weight is 299 g/mol. The number of benzene rings is 1. The molecule has 0 atom stereocenters. The second-order valence-electron chi connectivity index (χ2n) is 6.24. The van der Waals surface area contributed by atoms with Crippen LogP contribution >= 0.6 is 0 Å². The first kappa shape index (κ1) is 15.1. The summed E-state index contributed by atoms with van der Waals surface area (Å²) >= 11 is 0. The Hall–Kier alpha value is -1.84. The molecule has 4 heteroatoms. The number of amides is 1. The number of para-hydroxylation sites is 1. The smallest absolute Gasteiger partial charge is 0.220 e. The van der Waals surface area contributed by atoms with Gasteiger partial charge in [-0.2, -0.15) is 0 Å². The van der Waals surface area contributed by atoms with Crippen molar-refractivity contribution in [3.63, 3.8) is 0 Å².